The standard InChI is InChI=1S/C14H15N3O2/c1-3-17-11-7-5-4-6-9(11)8-10-12(17)15-14(19)16(2)13(10)18/h4-7H,3,8H2,1-2H3,(H,15,19)/i/hD. The normalized spacial score (nSPS) is 13.8. The number of hydrogen-bond acceptors (Lipinski definition) is 3. The lowest BCUT2D eigenvalue weighted by Crippen LogP contribution is -2.39. The van der Waals surface area contributed by atoms with Crippen LogP contribution in [0.15, 0.2) is 33.9 Å². The minimum atomic E-state index is -0.619. The van der Waals surface area contributed by atoms with E-state index in [0.29, 0.717) is 24.3 Å². The van der Waals surface area contributed by atoms with Crippen LogP contribution in [0.2, 0.25) is 1.41 Å². The van der Waals surface area contributed by atoms with Crippen LogP contribution >= 0.6 is 0 Å². The summed E-state index contributed by atoms with van der Waals surface area (Å²) in [6.45, 7) is 2.53. The van der Waals surface area contributed by atoms with Gasteiger partial charge in [-0.25, -0.2) is 4.79 Å². The fourth-order valence-corrected chi connectivity index (χ4v) is 2.54. The summed E-state index contributed by atoms with van der Waals surface area (Å²) >= 11 is 0. The molecule has 19 heavy (non-hydrogen) atoms. The molecule has 0 aliphatic carbocycles. The molecule has 98 valence electrons. The molecule has 0 saturated heterocycles. The predicted octanol–water partition coefficient (Wildman–Crippen LogP) is 1.14. The number of anilines is 2. The first kappa shape index (κ1) is 10.6. The molecule has 0 radical (unpaired) electrons. The minimum absolute atomic E-state index is 0.318. The van der Waals surface area contributed by atoms with E-state index in [9.17, 15) is 9.59 Å². The number of para-hydroxylation sites is 1. The van der Waals surface area contributed by atoms with Crippen LogP contribution in [0.4, 0.5) is 11.5 Å². The van der Waals surface area contributed by atoms with Crippen molar-refractivity contribution in [2.45, 2.75) is 13.3 Å². The van der Waals surface area contributed by atoms with Crippen molar-refractivity contribution in [3.8, 4) is 0 Å². The van der Waals surface area contributed by atoms with Gasteiger partial charge in [-0.1, -0.05) is 18.2 Å². The maximum atomic E-state index is 12.3. The maximum Gasteiger partial charge on any atom is 0.329 e. The maximum absolute atomic E-state index is 12.3. The molecule has 2 aromatic rings. The lowest BCUT2D eigenvalue weighted by Gasteiger charge is -2.31. The predicted molar refractivity (Wildman–Crippen MR) is 74.2 cm³/mol. The number of H-pyrrole nitrogens is 1. The summed E-state index contributed by atoms with van der Waals surface area (Å²) in [7, 11) is 1.41. The Kier molecular flexibility index (Phi) is 2.30. The van der Waals surface area contributed by atoms with Gasteiger partial charge in [-0.05, 0) is 18.6 Å². The van der Waals surface area contributed by atoms with Crippen molar-refractivity contribution in [1.29, 1.82) is 0 Å². The quantitative estimate of drug-likeness (QED) is 0.834. The highest BCUT2D eigenvalue weighted by Crippen LogP contribution is 2.34. The zero-order chi connectivity index (χ0) is 14.4. The van der Waals surface area contributed by atoms with E-state index in [1.807, 2.05) is 36.1 Å². The van der Waals surface area contributed by atoms with Crippen LogP contribution in [-0.2, 0) is 13.5 Å². The van der Waals surface area contributed by atoms with Gasteiger partial charge >= 0.3 is 5.69 Å². The van der Waals surface area contributed by atoms with Crippen LogP contribution in [0, 0.1) is 0 Å². The third-order valence-electron chi connectivity index (χ3n) is 3.54. The van der Waals surface area contributed by atoms with Crippen LogP contribution < -0.4 is 16.1 Å². The van der Waals surface area contributed by atoms with Crippen molar-refractivity contribution < 1.29 is 1.41 Å². The average molecular weight is 258 g/mol. The van der Waals surface area contributed by atoms with Gasteiger partial charge in [0.15, 0.2) is 1.41 Å². The van der Waals surface area contributed by atoms with E-state index < -0.39 is 5.69 Å². The number of nitrogens with zero attached hydrogens (tertiary/aromatic N) is 2. The van der Waals surface area contributed by atoms with Gasteiger partial charge in [0.2, 0.25) is 0 Å². The number of aromatic amines is 1. The molecule has 0 fully saturated rings. The molecule has 3 rings (SSSR count). The highest BCUT2D eigenvalue weighted by Gasteiger charge is 2.25. The lowest BCUT2D eigenvalue weighted by molar-refractivity contribution is 0.743. The van der Waals surface area contributed by atoms with E-state index >= 15 is 0 Å². The Labute approximate surface area is 111 Å². The van der Waals surface area contributed by atoms with Crippen molar-refractivity contribution >= 4 is 11.5 Å². The average Bonchev–Trinajstić information content (AvgIpc) is 2.48. The third kappa shape index (κ3) is 1.62. The van der Waals surface area contributed by atoms with E-state index in [4.69, 9.17) is 1.41 Å². The Morgan fingerprint density at radius 2 is 2.11 bits per heavy atom. The second kappa shape index (κ2) is 4.12. The highest BCUT2D eigenvalue weighted by molar-refractivity contribution is 5.70. The van der Waals surface area contributed by atoms with E-state index in [1.165, 1.54) is 7.05 Å². The van der Waals surface area contributed by atoms with Crippen molar-refractivity contribution in [3.05, 3.63) is 56.2 Å². The summed E-state index contributed by atoms with van der Waals surface area (Å²) < 4.78 is 8.98. The highest BCUT2D eigenvalue weighted by atomic mass is 16.2. The van der Waals surface area contributed by atoms with Gasteiger partial charge in [-0.2, -0.15) is 0 Å². The molecular weight excluding hydrogens is 242 g/mol. The molecular formula is C14H15N3O2. The van der Waals surface area contributed by atoms with Gasteiger partial charge in [0.1, 0.15) is 5.82 Å². The van der Waals surface area contributed by atoms with Crippen LogP contribution in [0.25, 0.3) is 0 Å². The smallest absolute Gasteiger partial charge is 0.327 e. The Morgan fingerprint density at radius 3 is 2.84 bits per heavy atom. The molecule has 1 N–H and O–H groups in total. The molecule has 5 nitrogen and oxygen atoms in total. The molecule has 1 aliphatic heterocycles. The first-order valence-corrected chi connectivity index (χ1v) is 6.25. The van der Waals surface area contributed by atoms with Gasteiger partial charge in [-0.15, -0.1) is 0 Å². The van der Waals surface area contributed by atoms with Crippen molar-refractivity contribution in [2.24, 2.45) is 7.05 Å². The first-order chi connectivity index (χ1) is 9.56. The second-order valence-electron chi connectivity index (χ2n) is 4.61. The summed E-state index contributed by atoms with van der Waals surface area (Å²) in [4.78, 5) is 26.9. The first-order valence-electron chi connectivity index (χ1n) is 6.70. The summed E-state index contributed by atoms with van der Waals surface area (Å²) in [5.74, 6) is 0.388. The SMILES string of the molecule is [2H]n1c2c(c(=O)n(C)c1=O)Cc1ccccc1N2CC. The number of benzene rings is 1. The Balaban J connectivity index is 2.39. The second-order valence-corrected chi connectivity index (χ2v) is 4.61. The van der Waals surface area contributed by atoms with Crippen molar-refractivity contribution in [3.63, 3.8) is 0 Å². The molecule has 1 aliphatic rings. The number of hydrogen-bond donors (Lipinski definition) is 1. The van der Waals surface area contributed by atoms with E-state index in [2.05, 4.69) is 0 Å². The zero-order valence-corrected chi connectivity index (χ0v) is 10.9. The monoisotopic (exact) mass is 258 g/mol. The minimum Gasteiger partial charge on any atom is -0.327 e. The fraction of sp³-hybridized carbons (Fsp3) is 0.286. The van der Waals surface area contributed by atoms with Crippen LogP contribution in [-0.4, -0.2) is 16.1 Å². The van der Waals surface area contributed by atoms with Gasteiger partial charge < -0.3 is 4.90 Å². The summed E-state index contributed by atoms with van der Waals surface area (Å²) in [5.41, 5.74) is 1.56. The number of fused-ring (bicyclic) bond motifs is 2. The Morgan fingerprint density at radius 1 is 1.37 bits per heavy atom. The molecule has 0 saturated carbocycles. The Hall–Kier alpha value is -2.30. The number of nitrogens with one attached hydrogen (secondary N) is 1. The molecule has 0 amide bonds. The lowest BCUT2D eigenvalue weighted by atomic mass is 9.99. The van der Waals surface area contributed by atoms with Gasteiger partial charge in [0.05, 0.1) is 5.56 Å². The topological polar surface area (TPSA) is 58.1 Å². The number of rotatable bonds is 1. The van der Waals surface area contributed by atoms with E-state index in [-0.39, 0.29) is 5.56 Å². The van der Waals surface area contributed by atoms with E-state index in [0.717, 1.165) is 20.8 Å². The summed E-state index contributed by atoms with van der Waals surface area (Å²) in [6.07, 6.45) is 0.452. The summed E-state index contributed by atoms with van der Waals surface area (Å²) in [5, 5.41) is 0. The van der Waals surface area contributed by atoms with Gasteiger partial charge in [0.25, 0.3) is 5.56 Å². The molecule has 0 atom stereocenters. The molecule has 0 spiro atoms. The van der Waals surface area contributed by atoms with Gasteiger partial charge in [-0.3, -0.25) is 14.3 Å². The molecule has 0 unspecified atom stereocenters. The fourth-order valence-electron chi connectivity index (χ4n) is 2.54. The molecule has 1 aromatic carbocycles. The van der Waals surface area contributed by atoms with Crippen LogP contribution in [0.5, 0.6) is 0 Å². The molecule has 1 aromatic heterocycles. The largest absolute Gasteiger partial charge is 0.329 e. The van der Waals surface area contributed by atoms with Crippen molar-refractivity contribution in [1.82, 2.24) is 9.54 Å². The third-order valence-corrected chi connectivity index (χ3v) is 3.54. The van der Waals surface area contributed by atoms with Crippen LogP contribution in [0.1, 0.15) is 18.1 Å². The molecule has 5 heteroatoms. The van der Waals surface area contributed by atoms with E-state index in [1.54, 1.807) is 0 Å². The van der Waals surface area contributed by atoms with Crippen LogP contribution in [0.3, 0.4) is 0 Å². The summed E-state index contributed by atoms with van der Waals surface area (Å²) in [6, 6.07) is 7.77. The molecule has 2 heterocycles. The number of aromatic nitrogens is 2. The van der Waals surface area contributed by atoms with Gasteiger partial charge in [0, 0.05) is 25.7 Å². The van der Waals surface area contributed by atoms with Crippen molar-refractivity contribution in [2.75, 3.05) is 11.4 Å². The Bertz CT molecular complexity index is 807. The zero-order valence-electron chi connectivity index (χ0n) is 11.9. The molecule has 0 bridgehead atoms.